The van der Waals surface area contributed by atoms with Gasteiger partial charge in [-0.25, -0.2) is 4.39 Å². The molecule has 2 N–H and O–H groups in total. The molecule has 0 radical (unpaired) electrons. The molecule has 5 heteroatoms. The quantitative estimate of drug-likeness (QED) is 0.891. The fourth-order valence-corrected chi connectivity index (χ4v) is 2.16. The molecule has 0 saturated heterocycles. The maximum absolute atomic E-state index is 13.1. The number of aliphatic hydroxyl groups excluding tert-OH is 1. The number of hydrogen-bond acceptors (Lipinski definition) is 3. The van der Waals surface area contributed by atoms with E-state index < -0.39 is 6.10 Å². The van der Waals surface area contributed by atoms with Crippen LogP contribution in [-0.2, 0) is 4.79 Å². The summed E-state index contributed by atoms with van der Waals surface area (Å²) in [6.45, 7) is 3.14. The van der Waals surface area contributed by atoms with Gasteiger partial charge in [-0.3, -0.25) is 4.79 Å². The lowest BCUT2D eigenvalue weighted by Gasteiger charge is -2.16. The highest BCUT2D eigenvalue weighted by Crippen LogP contribution is 2.26. The fraction of sp³-hybridized carbons (Fsp3) is 0.235. The summed E-state index contributed by atoms with van der Waals surface area (Å²) in [7, 11) is 0. The molecule has 0 bridgehead atoms. The summed E-state index contributed by atoms with van der Waals surface area (Å²) in [5, 5.41) is 12.9. The van der Waals surface area contributed by atoms with Gasteiger partial charge in [0.1, 0.15) is 24.3 Å². The van der Waals surface area contributed by atoms with Gasteiger partial charge in [-0.1, -0.05) is 18.2 Å². The molecule has 0 aromatic heterocycles. The molecule has 116 valence electrons. The predicted octanol–water partition coefficient (Wildman–Crippen LogP) is 3.20. The van der Waals surface area contributed by atoms with E-state index in [0.29, 0.717) is 22.6 Å². The van der Waals surface area contributed by atoms with Gasteiger partial charge in [0.15, 0.2) is 0 Å². The number of carbonyl (C=O) groups is 1. The van der Waals surface area contributed by atoms with E-state index in [4.69, 9.17) is 4.74 Å². The minimum Gasteiger partial charge on any atom is -0.488 e. The van der Waals surface area contributed by atoms with Gasteiger partial charge in [0.2, 0.25) is 5.91 Å². The highest BCUT2D eigenvalue weighted by Gasteiger charge is 2.13. The molecule has 0 saturated carbocycles. The molecule has 0 heterocycles. The van der Waals surface area contributed by atoms with E-state index in [1.807, 2.05) is 0 Å². The van der Waals surface area contributed by atoms with Crippen molar-refractivity contribution < 1.29 is 19.0 Å². The van der Waals surface area contributed by atoms with E-state index in [-0.39, 0.29) is 18.3 Å². The van der Waals surface area contributed by atoms with Gasteiger partial charge in [0.25, 0.3) is 0 Å². The second-order valence-corrected chi connectivity index (χ2v) is 5.01. The minimum absolute atomic E-state index is 0.00305. The second-order valence-electron chi connectivity index (χ2n) is 5.01. The Labute approximate surface area is 128 Å². The zero-order valence-electron chi connectivity index (χ0n) is 12.5. The van der Waals surface area contributed by atoms with E-state index in [9.17, 15) is 14.3 Å². The maximum atomic E-state index is 13.1. The van der Waals surface area contributed by atoms with Crippen LogP contribution in [0.1, 0.15) is 24.2 Å². The third kappa shape index (κ3) is 4.05. The Hall–Kier alpha value is -2.40. The molecule has 4 nitrogen and oxygen atoms in total. The van der Waals surface area contributed by atoms with Crippen molar-refractivity contribution in [3.05, 3.63) is 59.4 Å². The number of amides is 1. The predicted molar refractivity (Wildman–Crippen MR) is 82.3 cm³/mol. The summed E-state index contributed by atoms with van der Waals surface area (Å²) in [4.78, 5) is 11.1. The van der Waals surface area contributed by atoms with Gasteiger partial charge in [0, 0.05) is 6.92 Å². The molecule has 0 aliphatic heterocycles. The molecule has 1 atom stereocenters. The summed E-state index contributed by atoms with van der Waals surface area (Å²) in [6, 6.07) is 11.2. The molecule has 2 aromatic carbocycles. The maximum Gasteiger partial charge on any atom is 0.221 e. The van der Waals surface area contributed by atoms with Crippen molar-refractivity contribution in [3.8, 4) is 5.75 Å². The second kappa shape index (κ2) is 7.04. The van der Waals surface area contributed by atoms with Gasteiger partial charge in [-0.15, -0.1) is 0 Å². The number of benzene rings is 2. The zero-order valence-corrected chi connectivity index (χ0v) is 12.5. The van der Waals surface area contributed by atoms with Crippen molar-refractivity contribution in [3.63, 3.8) is 0 Å². The average Bonchev–Trinajstić information content (AvgIpc) is 2.45. The smallest absolute Gasteiger partial charge is 0.221 e. The monoisotopic (exact) mass is 303 g/mol. The molecule has 2 aromatic rings. The van der Waals surface area contributed by atoms with Crippen molar-refractivity contribution in [1.82, 2.24) is 0 Å². The highest BCUT2D eigenvalue weighted by molar-refractivity contribution is 5.90. The standard InChI is InChI=1S/C17H18FNO3/c1-11-9-13(18)7-8-14(11)16(21)10-22-17-6-4-3-5-15(17)19-12(2)20/h3-9,16,21H,10H2,1-2H3,(H,19,20). The fourth-order valence-electron chi connectivity index (χ4n) is 2.16. The third-order valence-corrected chi connectivity index (χ3v) is 3.19. The first kappa shape index (κ1) is 16.0. The van der Waals surface area contributed by atoms with Crippen molar-refractivity contribution >= 4 is 11.6 Å². The van der Waals surface area contributed by atoms with Crippen molar-refractivity contribution in [2.75, 3.05) is 11.9 Å². The molecule has 0 aliphatic carbocycles. The molecule has 1 amide bonds. The molecular formula is C17H18FNO3. The van der Waals surface area contributed by atoms with Crippen LogP contribution in [0.25, 0.3) is 0 Å². The van der Waals surface area contributed by atoms with Crippen LogP contribution in [0.15, 0.2) is 42.5 Å². The number of aliphatic hydroxyl groups is 1. The third-order valence-electron chi connectivity index (χ3n) is 3.19. The Morgan fingerprint density at radius 2 is 2.05 bits per heavy atom. The first-order chi connectivity index (χ1) is 10.5. The van der Waals surface area contributed by atoms with Gasteiger partial charge in [-0.2, -0.15) is 0 Å². The minimum atomic E-state index is -0.883. The Kier molecular flexibility index (Phi) is 5.12. The van der Waals surface area contributed by atoms with Crippen LogP contribution in [-0.4, -0.2) is 17.6 Å². The van der Waals surface area contributed by atoms with Crippen LogP contribution in [0.3, 0.4) is 0 Å². The number of rotatable bonds is 5. The van der Waals surface area contributed by atoms with E-state index in [1.165, 1.54) is 19.1 Å². The van der Waals surface area contributed by atoms with E-state index in [1.54, 1.807) is 37.3 Å². The molecular weight excluding hydrogens is 285 g/mol. The number of aryl methyl sites for hydroxylation is 1. The molecule has 0 aliphatic rings. The van der Waals surface area contributed by atoms with Crippen LogP contribution >= 0.6 is 0 Å². The molecule has 2 rings (SSSR count). The summed E-state index contributed by atoms with van der Waals surface area (Å²) >= 11 is 0. The van der Waals surface area contributed by atoms with E-state index >= 15 is 0 Å². The van der Waals surface area contributed by atoms with Crippen LogP contribution in [0.2, 0.25) is 0 Å². The number of anilines is 1. The van der Waals surface area contributed by atoms with Crippen LogP contribution in [0.5, 0.6) is 5.75 Å². The van der Waals surface area contributed by atoms with Crippen LogP contribution in [0.4, 0.5) is 10.1 Å². The Bertz CT molecular complexity index is 673. The topological polar surface area (TPSA) is 58.6 Å². The zero-order chi connectivity index (χ0) is 16.1. The van der Waals surface area contributed by atoms with Crippen molar-refractivity contribution in [2.45, 2.75) is 20.0 Å². The summed E-state index contributed by atoms with van der Waals surface area (Å²) in [5.74, 6) is -0.0761. The average molecular weight is 303 g/mol. The number of carbonyl (C=O) groups excluding carboxylic acids is 1. The van der Waals surface area contributed by atoms with E-state index in [2.05, 4.69) is 5.32 Å². The number of ether oxygens (including phenoxy) is 1. The van der Waals surface area contributed by atoms with Gasteiger partial charge >= 0.3 is 0 Å². The number of nitrogens with one attached hydrogen (secondary N) is 1. The number of para-hydroxylation sites is 2. The summed E-state index contributed by atoms with van der Waals surface area (Å²) < 4.78 is 18.7. The number of halogens is 1. The van der Waals surface area contributed by atoms with Gasteiger partial charge < -0.3 is 15.2 Å². The molecule has 22 heavy (non-hydrogen) atoms. The lowest BCUT2D eigenvalue weighted by Crippen LogP contribution is -2.13. The van der Waals surface area contributed by atoms with Crippen molar-refractivity contribution in [1.29, 1.82) is 0 Å². The Balaban J connectivity index is 2.08. The van der Waals surface area contributed by atoms with Gasteiger partial charge in [-0.05, 0) is 42.3 Å². The van der Waals surface area contributed by atoms with E-state index in [0.717, 1.165) is 0 Å². The van der Waals surface area contributed by atoms with Crippen molar-refractivity contribution in [2.24, 2.45) is 0 Å². The Morgan fingerprint density at radius 3 is 2.73 bits per heavy atom. The van der Waals surface area contributed by atoms with Gasteiger partial charge in [0.05, 0.1) is 5.69 Å². The lowest BCUT2D eigenvalue weighted by molar-refractivity contribution is -0.114. The van der Waals surface area contributed by atoms with Crippen LogP contribution < -0.4 is 10.1 Å². The summed E-state index contributed by atoms with van der Waals surface area (Å²) in [6.07, 6.45) is -0.883. The first-order valence-corrected chi connectivity index (χ1v) is 6.91. The number of hydrogen-bond donors (Lipinski definition) is 2. The first-order valence-electron chi connectivity index (χ1n) is 6.91. The Morgan fingerprint density at radius 1 is 1.32 bits per heavy atom. The van der Waals surface area contributed by atoms with Crippen LogP contribution in [0, 0.1) is 12.7 Å². The largest absolute Gasteiger partial charge is 0.488 e. The SMILES string of the molecule is CC(=O)Nc1ccccc1OCC(O)c1ccc(F)cc1C. The molecule has 1 unspecified atom stereocenters. The molecule has 0 fully saturated rings. The lowest BCUT2D eigenvalue weighted by atomic mass is 10.0. The summed E-state index contributed by atoms with van der Waals surface area (Å²) in [5.41, 5.74) is 1.81. The normalized spacial score (nSPS) is 11.8. The molecule has 0 spiro atoms. The highest BCUT2D eigenvalue weighted by atomic mass is 19.1.